The minimum Gasteiger partial charge on any atom is -0.487 e. The molecule has 2 aliphatic carbocycles. The van der Waals surface area contributed by atoms with E-state index in [1.54, 1.807) is 6.20 Å². The van der Waals surface area contributed by atoms with Gasteiger partial charge in [0.1, 0.15) is 17.6 Å². The second-order valence-corrected chi connectivity index (χ2v) is 5.54. The number of carbonyl (C=O) groups is 1. The highest BCUT2D eigenvalue weighted by Gasteiger charge is 2.56. The Morgan fingerprint density at radius 1 is 1.33 bits per heavy atom. The molecule has 18 heavy (non-hydrogen) atoms. The lowest BCUT2D eigenvalue weighted by molar-refractivity contribution is -0.156. The van der Waals surface area contributed by atoms with Gasteiger partial charge in [0, 0.05) is 12.6 Å². The van der Waals surface area contributed by atoms with Gasteiger partial charge in [-0.25, -0.2) is 0 Å². The summed E-state index contributed by atoms with van der Waals surface area (Å²) in [6, 6.07) is 3.83. The molecule has 1 spiro atoms. The molecule has 0 saturated heterocycles. The number of pyridine rings is 1. The van der Waals surface area contributed by atoms with E-state index in [-0.39, 0.29) is 11.5 Å². The standard InChI is InChI=1S/C15H19NO2/c1-11-12(6-5-9-16-11)18-14-10-13(17)15(14)7-3-2-4-8-15/h5-6,9,14H,2-4,7-8,10H2,1H3. The van der Waals surface area contributed by atoms with Crippen LogP contribution < -0.4 is 4.74 Å². The van der Waals surface area contributed by atoms with E-state index in [9.17, 15) is 4.79 Å². The Labute approximate surface area is 108 Å². The number of aromatic nitrogens is 1. The van der Waals surface area contributed by atoms with Gasteiger partial charge in [-0.2, -0.15) is 0 Å². The molecule has 1 unspecified atom stereocenters. The van der Waals surface area contributed by atoms with Crippen molar-refractivity contribution in [2.75, 3.05) is 0 Å². The summed E-state index contributed by atoms with van der Waals surface area (Å²) in [6.45, 7) is 1.95. The fourth-order valence-electron chi connectivity index (χ4n) is 3.30. The minimum atomic E-state index is -0.166. The fourth-order valence-corrected chi connectivity index (χ4v) is 3.30. The van der Waals surface area contributed by atoms with Crippen molar-refractivity contribution in [3.05, 3.63) is 24.0 Å². The van der Waals surface area contributed by atoms with Crippen LogP contribution in [-0.4, -0.2) is 16.9 Å². The number of aryl methyl sites for hydroxylation is 1. The van der Waals surface area contributed by atoms with Crippen molar-refractivity contribution in [3.8, 4) is 5.75 Å². The van der Waals surface area contributed by atoms with Gasteiger partial charge in [0.2, 0.25) is 0 Å². The van der Waals surface area contributed by atoms with Crippen LogP contribution in [0.25, 0.3) is 0 Å². The van der Waals surface area contributed by atoms with Crippen molar-refractivity contribution in [2.24, 2.45) is 5.41 Å². The first-order valence-corrected chi connectivity index (χ1v) is 6.84. The number of nitrogens with zero attached hydrogens (tertiary/aromatic N) is 1. The van der Waals surface area contributed by atoms with E-state index in [0.29, 0.717) is 12.2 Å². The summed E-state index contributed by atoms with van der Waals surface area (Å²) >= 11 is 0. The van der Waals surface area contributed by atoms with Crippen molar-refractivity contribution in [2.45, 2.75) is 51.6 Å². The van der Waals surface area contributed by atoms with Crippen molar-refractivity contribution in [1.82, 2.24) is 4.98 Å². The molecule has 1 heterocycles. The molecule has 0 amide bonds. The topological polar surface area (TPSA) is 39.2 Å². The van der Waals surface area contributed by atoms with Crippen LogP contribution >= 0.6 is 0 Å². The monoisotopic (exact) mass is 245 g/mol. The maximum absolute atomic E-state index is 12.0. The summed E-state index contributed by atoms with van der Waals surface area (Å²) in [4.78, 5) is 16.2. The molecule has 96 valence electrons. The van der Waals surface area contributed by atoms with Gasteiger partial charge >= 0.3 is 0 Å². The molecule has 1 aromatic heterocycles. The number of carbonyl (C=O) groups excluding carboxylic acids is 1. The molecular formula is C15H19NO2. The van der Waals surface area contributed by atoms with Crippen LogP contribution in [0, 0.1) is 12.3 Å². The van der Waals surface area contributed by atoms with E-state index in [0.717, 1.165) is 37.1 Å². The molecule has 0 radical (unpaired) electrons. The maximum Gasteiger partial charge on any atom is 0.146 e. The summed E-state index contributed by atoms with van der Waals surface area (Å²) in [7, 11) is 0. The Bertz CT molecular complexity index is 463. The van der Waals surface area contributed by atoms with E-state index in [1.807, 2.05) is 19.1 Å². The molecule has 0 bridgehead atoms. The zero-order valence-corrected chi connectivity index (χ0v) is 10.8. The van der Waals surface area contributed by atoms with Gasteiger partial charge in [0.05, 0.1) is 11.1 Å². The van der Waals surface area contributed by atoms with Crippen molar-refractivity contribution in [3.63, 3.8) is 0 Å². The summed E-state index contributed by atoms with van der Waals surface area (Å²) in [5.41, 5.74) is 0.739. The van der Waals surface area contributed by atoms with Crippen LogP contribution in [0.3, 0.4) is 0 Å². The zero-order chi connectivity index (χ0) is 12.6. The molecule has 2 fully saturated rings. The van der Waals surface area contributed by atoms with E-state index in [4.69, 9.17) is 4.74 Å². The average Bonchev–Trinajstić information content (AvgIpc) is 2.41. The van der Waals surface area contributed by atoms with Gasteiger partial charge in [0.15, 0.2) is 0 Å². The van der Waals surface area contributed by atoms with Crippen molar-refractivity contribution < 1.29 is 9.53 Å². The Hall–Kier alpha value is -1.38. The summed E-state index contributed by atoms with van der Waals surface area (Å²) in [5, 5.41) is 0. The third-order valence-electron chi connectivity index (χ3n) is 4.52. The molecule has 1 aromatic rings. The number of Topliss-reactive ketones (excluding diaryl/α,β-unsaturated/α-hetero) is 1. The van der Waals surface area contributed by atoms with Crippen LogP contribution in [0.4, 0.5) is 0 Å². The third kappa shape index (κ3) is 1.73. The predicted octanol–water partition coefficient (Wildman–Crippen LogP) is 3.06. The zero-order valence-electron chi connectivity index (χ0n) is 10.8. The molecule has 2 saturated carbocycles. The maximum atomic E-state index is 12.0. The van der Waals surface area contributed by atoms with Gasteiger partial charge < -0.3 is 4.74 Å². The van der Waals surface area contributed by atoms with Gasteiger partial charge in [-0.3, -0.25) is 9.78 Å². The highest BCUT2D eigenvalue weighted by atomic mass is 16.5. The summed E-state index contributed by atoms with van der Waals surface area (Å²) < 4.78 is 6.06. The van der Waals surface area contributed by atoms with Crippen molar-refractivity contribution in [1.29, 1.82) is 0 Å². The lowest BCUT2D eigenvalue weighted by atomic mass is 9.57. The van der Waals surface area contributed by atoms with E-state index in [2.05, 4.69) is 4.98 Å². The molecule has 0 N–H and O–H groups in total. The van der Waals surface area contributed by atoms with Crippen LogP contribution in [0.5, 0.6) is 5.75 Å². The fraction of sp³-hybridized carbons (Fsp3) is 0.600. The van der Waals surface area contributed by atoms with Crippen LogP contribution in [0.1, 0.15) is 44.2 Å². The van der Waals surface area contributed by atoms with Gasteiger partial charge in [-0.15, -0.1) is 0 Å². The number of rotatable bonds is 2. The Morgan fingerprint density at radius 2 is 2.11 bits per heavy atom. The highest BCUT2D eigenvalue weighted by Crippen LogP contribution is 2.50. The molecular weight excluding hydrogens is 226 g/mol. The van der Waals surface area contributed by atoms with Crippen molar-refractivity contribution >= 4 is 5.78 Å². The first-order valence-electron chi connectivity index (χ1n) is 6.84. The smallest absolute Gasteiger partial charge is 0.146 e. The molecule has 0 aromatic carbocycles. The molecule has 3 heteroatoms. The SMILES string of the molecule is Cc1ncccc1OC1CC(=O)C12CCCCC2. The summed E-state index contributed by atoms with van der Waals surface area (Å²) in [5.74, 6) is 1.24. The average molecular weight is 245 g/mol. The Balaban J connectivity index is 1.77. The third-order valence-corrected chi connectivity index (χ3v) is 4.52. The second kappa shape index (κ2) is 4.38. The largest absolute Gasteiger partial charge is 0.487 e. The van der Waals surface area contributed by atoms with E-state index in [1.165, 1.54) is 6.42 Å². The van der Waals surface area contributed by atoms with Crippen LogP contribution in [-0.2, 0) is 4.79 Å². The molecule has 1 atom stereocenters. The molecule has 0 aliphatic heterocycles. The number of ketones is 1. The van der Waals surface area contributed by atoms with Crippen LogP contribution in [0.15, 0.2) is 18.3 Å². The quantitative estimate of drug-likeness (QED) is 0.803. The van der Waals surface area contributed by atoms with Gasteiger partial charge in [-0.1, -0.05) is 19.3 Å². The molecule has 3 nitrogen and oxygen atoms in total. The Morgan fingerprint density at radius 3 is 2.78 bits per heavy atom. The number of ether oxygens (including phenoxy) is 1. The Kier molecular flexibility index (Phi) is 2.84. The van der Waals surface area contributed by atoms with Gasteiger partial charge in [0.25, 0.3) is 0 Å². The van der Waals surface area contributed by atoms with Crippen LogP contribution in [0.2, 0.25) is 0 Å². The van der Waals surface area contributed by atoms with Gasteiger partial charge in [-0.05, 0) is 31.9 Å². The highest BCUT2D eigenvalue weighted by molar-refractivity contribution is 5.92. The number of hydrogen-bond donors (Lipinski definition) is 0. The second-order valence-electron chi connectivity index (χ2n) is 5.54. The lowest BCUT2D eigenvalue weighted by Gasteiger charge is -2.49. The first-order chi connectivity index (χ1) is 8.72. The first kappa shape index (κ1) is 11.7. The number of hydrogen-bond acceptors (Lipinski definition) is 3. The normalized spacial score (nSPS) is 25.8. The minimum absolute atomic E-state index is 0.0770. The predicted molar refractivity (Wildman–Crippen MR) is 68.5 cm³/mol. The summed E-state index contributed by atoms with van der Waals surface area (Å²) in [6.07, 6.45) is 8.03. The molecule has 3 rings (SSSR count). The van der Waals surface area contributed by atoms with E-state index < -0.39 is 0 Å². The van der Waals surface area contributed by atoms with E-state index >= 15 is 0 Å². The molecule has 2 aliphatic rings. The lowest BCUT2D eigenvalue weighted by Crippen LogP contribution is -2.57.